The maximum Gasteiger partial charge on any atom is 0.0613 e. The van der Waals surface area contributed by atoms with Gasteiger partial charge >= 0.3 is 0 Å². The predicted octanol–water partition coefficient (Wildman–Crippen LogP) is 2.02. The molecule has 2 nitrogen and oxygen atoms in total. The summed E-state index contributed by atoms with van der Waals surface area (Å²) < 4.78 is 0. The van der Waals surface area contributed by atoms with Crippen LogP contribution in [0.2, 0.25) is 0 Å². The van der Waals surface area contributed by atoms with Crippen LogP contribution in [-0.4, -0.2) is 34.8 Å². The highest BCUT2D eigenvalue weighted by Gasteiger charge is 2.37. The highest BCUT2D eigenvalue weighted by atomic mass is 32.2. The fourth-order valence-corrected chi connectivity index (χ4v) is 3.53. The molecule has 2 N–H and O–H groups in total. The molecule has 2 atom stereocenters. The van der Waals surface area contributed by atoms with Crippen LogP contribution in [0.4, 0.5) is 0 Å². The van der Waals surface area contributed by atoms with Gasteiger partial charge in [0.15, 0.2) is 0 Å². The van der Waals surface area contributed by atoms with Crippen molar-refractivity contribution >= 4 is 11.8 Å². The Morgan fingerprint density at radius 1 is 1.50 bits per heavy atom. The van der Waals surface area contributed by atoms with Crippen LogP contribution in [0.15, 0.2) is 0 Å². The van der Waals surface area contributed by atoms with E-state index < -0.39 is 0 Å². The van der Waals surface area contributed by atoms with E-state index in [0.29, 0.717) is 6.61 Å². The molecule has 3 heteroatoms. The summed E-state index contributed by atoms with van der Waals surface area (Å²) >= 11 is 2.08. The Balaban J connectivity index is 2.36. The van der Waals surface area contributed by atoms with Gasteiger partial charge in [-0.05, 0) is 38.0 Å². The van der Waals surface area contributed by atoms with Crippen LogP contribution in [0.3, 0.4) is 0 Å². The second kappa shape index (κ2) is 5.99. The molecule has 0 aromatic heterocycles. The summed E-state index contributed by atoms with van der Waals surface area (Å²) in [4.78, 5) is 0. The summed E-state index contributed by atoms with van der Waals surface area (Å²) in [6.07, 6.45) is 4.80. The van der Waals surface area contributed by atoms with E-state index in [4.69, 9.17) is 0 Å². The Bertz CT molecular complexity index is 165. The normalized spacial score (nSPS) is 32.4. The second-order valence-corrected chi connectivity index (χ2v) is 5.61. The zero-order valence-corrected chi connectivity index (χ0v) is 10.2. The summed E-state index contributed by atoms with van der Waals surface area (Å²) in [6, 6.07) is 0. The number of hydrogen-bond donors (Lipinski definition) is 2. The van der Waals surface area contributed by atoms with E-state index in [9.17, 15) is 5.11 Å². The highest BCUT2D eigenvalue weighted by Crippen LogP contribution is 2.36. The predicted molar refractivity (Wildman–Crippen MR) is 63.9 cm³/mol. The molecule has 0 bridgehead atoms. The van der Waals surface area contributed by atoms with Gasteiger partial charge in [-0.2, -0.15) is 11.8 Å². The zero-order chi connectivity index (χ0) is 10.4. The Morgan fingerprint density at radius 2 is 2.29 bits per heavy atom. The van der Waals surface area contributed by atoms with E-state index >= 15 is 0 Å². The molecule has 0 saturated heterocycles. The van der Waals surface area contributed by atoms with Crippen molar-refractivity contribution in [2.24, 2.45) is 0 Å². The maximum atomic E-state index is 9.42. The second-order valence-electron chi connectivity index (χ2n) is 4.20. The van der Waals surface area contributed by atoms with Crippen LogP contribution in [-0.2, 0) is 0 Å². The van der Waals surface area contributed by atoms with Gasteiger partial charge in [0.2, 0.25) is 0 Å². The van der Waals surface area contributed by atoms with Crippen LogP contribution in [0.25, 0.3) is 0 Å². The standard InChI is InChI=1S/C11H23NOS/c1-3-7-14-10-5-6-11(8-10,9-13)12-4-2/h10,12-13H,3-9H2,1-2H3. The molecular weight excluding hydrogens is 194 g/mol. The van der Waals surface area contributed by atoms with Gasteiger partial charge in [0.1, 0.15) is 0 Å². The van der Waals surface area contributed by atoms with Crippen molar-refractivity contribution in [3.05, 3.63) is 0 Å². The van der Waals surface area contributed by atoms with Gasteiger partial charge in [0.25, 0.3) is 0 Å². The van der Waals surface area contributed by atoms with Crippen molar-refractivity contribution < 1.29 is 5.11 Å². The lowest BCUT2D eigenvalue weighted by Crippen LogP contribution is -2.46. The molecule has 84 valence electrons. The third-order valence-corrected chi connectivity index (χ3v) is 4.49. The summed E-state index contributed by atoms with van der Waals surface area (Å²) in [5.41, 5.74) is 0.0418. The lowest BCUT2D eigenvalue weighted by Gasteiger charge is -2.28. The van der Waals surface area contributed by atoms with E-state index in [2.05, 4.69) is 30.9 Å². The van der Waals surface area contributed by atoms with Crippen LogP contribution < -0.4 is 5.32 Å². The monoisotopic (exact) mass is 217 g/mol. The minimum absolute atomic E-state index is 0.0418. The molecule has 2 unspecified atom stereocenters. The fraction of sp³-hybridized carbons (Fsp3) is 1.00. The van der Waals surface area contributed by atoms with Gasteiger partial charge in [-0.1, -0.05) is 13.8 Å². The van der Waals surface area contributed by atoms with Crippen LogP contribution in [0, 0.1) is 0 Å². The average molecular weight is 217 g/mol. The third kappa shape index (κ3) is 3.14. The van der Waals surface area contributed by atoms with Crippen molar-refractivity contribution in [3.63, 3.8) is 0 Å². The molecular formula is C11H23NOS. The first kappa shape index (κ1) is 12.3. The molecule has 0 amide bonds. The average Bonchev–Trinajstić information content (AvgIpc) is 2.60. The number of rotatable bonds is 6. The summed E-state index contributed by atoms with van der Waals surface area (Å²) in [5, 5.41) is 13.6. The lowest BCUT2D eigenvalue weighted by atomic mass is 9.99. The number of aliphatic hydroxyl groups excluding tert-OH is 1. The summed E-state index contributed by atoms with van der Waals surface area (Å²) in [7, 11) is 0. The smallest absolute Gasteiger partial charge is 0.0613 e. The van der Waals surface area contributed by atoms with Crippen molar-refractivity contribution in [1.29, 1.82) is 0 Å². The van der Waals surface area contributed by atoms with E-state index in [1.165, 1.54) is 18.6 Å². The molecule has 1 fully saturated rings. The number of likely N-dealkylation sites (N-methyl/N-ethyl adjacent to an activating group) is 1. The highest BCUT2D eigenvalue weighted by molar-refractivity contribution is 7.99. The van der Waals surface area contributed by atoms with Crippen LogP contribution in [0.1, 0.15) is 39.5 Å². The minimum Gasteiger partial charge on any atom is -0.394 e. The topological polar surface area (TPSA) is 32.3 Å². The molecule has 0 aliphatic heterocycles. The fourth-order valence-electron chi connectivity index (χ4n) is 2.24. The van der Waals surface area contributed by atoms with Crippen molar-refractivity contribution in [3.8, 4) is 0 Å². The Labute approximate surface area is 91.9 Å². The van der Waals surface area contributed by atoms with Crippen molar-refractivity contribution in [2.45, 2.75) is 50.3 Å². The van der Waals surface area contributed by atoms with Gasteiger partial charge < -0.3 is 10.4 Å². The van der Waals surface area contributed by atoms with Gasteiger partial charge in [-0.25, -0.2) is 0 Å². The number of aliphatic hydroxyl groups is 1. The maximum absolute atomic E-state index is 9.42. The molecule has 0 heterocycles. The first-order valence-corrected chi connectivity index (χ1v) is 6.78. The van der Waals surface area contributed by atoms with Crippen molar-refractivity contribution in [1.82, 2.24) is 5.32 Å². The minimum atomic E-state index is 0.0418. The number of thioether (sulfide) groups is 1. The van der Waals surface area contributed by atoms with Gasteiger partial charge in [0.05, 0.1) is 6.61 Å². The van der Waals surface area contributed by atoms with E-state index in [-0.39, 0.29) is 5.54 Å². The van der Waals surface area contributed by atoms with Gasteiger partial charge in [0, 0.05) is 10.8 Å². The van der Waals surface area contributed by atoms with Gasteiger partial charge in [-0.3, -0.25) is 0 Å². The molecule has 0 spiro atoms. The molecule has 1 rings (SSSR count). The first-order chi connectivity index (χ1) is 6.76. The number of hydrogen-bond acceptors (Lipinski definition) is 3. The first-order valence-electron chi connectivity index (χ1n) is 5.74. The quantitative estimate of drug-likeness (QED) is 0.714. The zero-order valence-electron chi connectivity index (χ0n) is 9.38. The largest absolute Gasteiger partial charge is 0.394 e. The lowest BCUT2D eigenvalue weighted by molar-refractivity contribution is 0.167. The molecule has 1 aliphatic carbocycles. The molecule has 0 aromatic rings. The van der Waals surface area contributed by atoms with E-state index in [1.807, 2.05) is 0 Å². The Hall–Kier alpha value is 0.270. The Kier molecular flexibility index (Phi) is 5.28. The third-order valence-electron chi connectivity index (χ3n) is 2.98. The molecule has 1 saturated carbocycles. The van der Waals surface area contributed by atoms with E-state index in [0.717, 1.165) is 24.6 Å². The molecule has 0 radical (unpaired) electrons. The van der Waals surface area contributed by atoms with Crippen molar-refractivity contribution in [2.75, 3.05) is 18.9 Å². The number of nitrogens with one attached hydrogen (secondary N) is 1. The van der Waals surface area contributed by atoms with Crippen LogP contribution >= 0.6 is 11.8 Å². The van der Waals surface area contributed by atoms with Gasteiger partial charge in [-0.15, -0.1) is 0 Å². The summed E-state index contributed by atoms with van der Waals surface area (Å²) in [5.74, 6) is 1.26. The van der Waals surface area contributed by atoms with Crippen LogP contribution in [0.5, 0.6) is 0 Å². The Morgan fingerprint density at radius 3 is 2.86 bits per heavy atom. The molecule has 0 aromatic carbocycles. The SMILES string of the molecule is CCCSC1CCC(CO)(NCC)C1. The van der Waals surface area contributed by atoms with E-state index in [1.54, 1.807) is 0 Å². The summed E-state index contributed by atoms with van der Waals surface area (Å²) in [6.45, 7) is 5.60. The molecule has 14 heavy (non-hydrogen) atoms. The molecule has 1 aliphatic rings.